The molecule has 1 aliphatic heterocycles. The van der Waals surface area contributed by atoms with Crippen molar-refractivity contribution < 1.29 is 23.8 Å². The molecule has 0 bridgehead atoms. The van der Waals surface area contributed by atoms with E-state index >= 15 is 0 Å². The van der Waals surface area contributed by atoms with Crippen molar-refractivity contribution >= 4 is 5.91 Å². The van der Waals surface area contributed by atoms with E-state index in [1.165, 1.54) is 12.1 Å². The van der Waals surface area contributed by atoms with E-state index in [-0.39, 0.29) is 24.4 Å². The van der Waals surface area contributed by atoms with Crippen LogP contribution in [0.4, 0.5) is 4.39 Å². The van der Waals surface area contributed by atoms with Gasteiger partial charge in [0.05, 0.1) is 24.6 Å². The monoisotopic (exact) mass is 502 g/mol. The highest BCUT2D eigenvalue weighted by molar-refractivity contribution is 6.01. The second-order valence-corrected chi connectivity index (χ2v) is 8.76. The number of H-pyrrole nitrogens is 1. The van der Waals surface area contributed by atoms with Crippen molar-refractivity contribution in [2.24, 2.45) is 0 Å². The number of hydrogen-bond donors (Lipinski definition) is 3. The number of halogens is 1. The van der Waals surface area contributed by atoms with Crippen LogP contribution in [0.1, 0.15) is 34.3 Å². The third-order valence-electron chi connectivity index (χ3n) is 6.18. The molecule has 0 saturated carbocycles. The van der Waals surface area contributed by atoms with E-state index in [1.54, 1.807) is 24.4 Å². The SMILES string of the molecule is O=C(N[C@@H](CCO)Cc1ccccn1)c1cc(C2OCCO2)ccc1-c1cc(-c2ccc(F)cc2)n[nH]1. The lowest BCUT2D eigenvalue weighted by Gasteiger charge is -2.20. The fourth-order valence-electron chi connectivity index (χ4n) is 4.33. The van der Waals surface area contributed by atoms with Gasteiger partial charge in [0.1, 0.15) is 5.82 Å². The first kappa shape index (κ1) is 24.8. The molecule has 190 valence electrons. The highest BCUT2D eigenvalue weighted by Crippen LogP contribution is 2.31. The van der Waals surface area contributed by atoms with E-state index in [1.807, 2.05) is 36.4 Å². The van der Waals surface area contributed by atoms with Crippen LogP contribution in [-0.2, 0) is 15.9 Å². The first-order valence-corrected chi connectivity index (χ1v) is 12.1. The Bertz CT molecular complexity index is 1340. The molecule has 1 aliphatic rings. The zero-order chi connectivity index (χ0) is 25.6. The fraction of sp³-hybridized carbons (Fsp3) is 0.250. The van der Waals surface area contributed by atoms with Gasteiger partial charge in [0.15, 0.2) is 6.29 Å². The largest absolute Gasteiger partial charge is 0.396 e. The number of aliphatic hydroxyl groups is 1. The van der Waals surface area contributed by atoms with E-state index < -0.39 is 6.29 Å². The van der Waals surface area contributed by atoms with Gasteiger partial charge in [0.2, 0.25) is 0 Å². The topological polar surface area (TPSA) is 109 Å². The molecular formula is C28H27FN4O4. The maximum absolute atomic E-state index is 13.6. The number of rotatable bonds is 9. The summed E-state index contributed by atoms with van der Waals surface area (Å²) in [5, 5.41) is 20.0. The fourth-order valence-corrected chi connectivity index (χ4v) is 4.33. The maximum atomic E-state index is 13.6. The summed E-state index contributed by atoms with van der Waals surface area (Å²) in [6.45, 7) is 0.895. The summed E-state index contributed by atoms with van der Waals surface area (Å²) in [7, 11) is 0. The van der Waals surface area contributed by atoms with Crippen LogP contribution >= 0.6 is 0 Å². The predicted octanol–water partition coefficient (Wildman–Crippen LogP) is 4.05. The number of amides is 1. The average molecular weight is 503 g/mol. The number of aliphatic hydroxyl groups excluding tert-OH is 1. The van der Waals surface area contributed by atoms with Crippen LogP contribution in [0.2, 0.25) is 0 Å². The van der Waals surface area contributed by atoms with Crippen molar-refractivity contribution in [1.82, 2.24) is 20.5 Å². The van der Waals surface area contributed by atoms with Gasteiger partial charge in [0, 0.05) is 53.2 Å². The number of hydrogen-bond acceptors (Lipinski definition) is 6. The Labute approximate surface area is 213 Å². The van der Waals surface area contributed by atoms with Crippen molar-refractivity contribution in [3.63, 3.8) is 0 Å². The maximum Gasteiger partial charge on any atom is 0.252 e. The molecule has 8 nitrogen and oxygen atoms in total. The number of aromatic nitrogens is 3. The first-order chi connectivity index (χ1) is 18.1. The summed E-state index contributed by atoms with van der Waals surface area (Å²) < 4.78 is 24.7. The van der Waals surface area contributed by atoms with Crippen LogP contribution in [0.3, 0.4) is 0 Å². The molecule has 3 heterocycles. The van der Waals surface area contributed by atoms with Gasteiger partial charge in [-0.2, -0.15) is 5.10 Å². The first-order valence-electron chi connectivity index (χ1n) is 12.1. The van der Waals surface area contributed by atoms with Crippen molar-refractivity contribution in [3.8, 4) is 22.5 Å². The van der Waals surface area contributed by atoms with Gasteiger partial charge < -0.3 is 19.9 Å². The molecule has 0 unspecified atom stereocenters. The second-order valence-electron chi connectivity index (χ2n) is 8.76. The minimum absolute atomic E-state index is 0.0734. The van der Waals surface area contributed by atoms with Gasteiger partial charge >= 0.3 is 0 Å². The zero-order valence-corrected chi connectivity index (χ0v) is 20.1. The molecule has 2 aromatic carbocycles. The van der Waals surface area contributed by atoms with Crippen LogP contribution in [-0.4, -0.2) is 52.1 Å². The normalized spacial score (nSPS) is 14.5. The van der Waals surface area contributed by atoms with E-state index in [9.17, 15) is 14.3 Å². The lowest BCUT2D eigenvalue weighted by molar-refractivity contribution is -0.0441. The third-order valence-corrected chi connectivity index (χ3v) is 6.18. The Kier molecular flexibility index (Phi) is 7.65. The van der Waals surface area contributed by atoms with Crippen molar-refractivity contribution in [2.75, 3.05) is 19.8 Å². The van der Waals surface area contributed by atoms with Crippen LogP contribution in [0, 0.1) is 5.82 Å². The molecule has 0 spiro atoms. The standard InChI is InChI=1S/C28H27FN4O4/c29-20-7-4-18(5-8-20)25-17-26(33-32-25)23-9-6-19(28-36-13-14-37-28)15-24(23)27(35)31-22(10-12-34)16-21-3-1-2-11-30-21/h1-9,11,15,17,22,28,34H,10,12-14,16H2,(H,31,35)(H,32,33)/t22-/m0/s1. The molecule has 1 saturated heterocycles. The highest BCUT2D eigenvalue weighted by Gasteiger charge is 2.24. The Morgan fingerprint density at radius 3 is 2.65 bits per heavy atom. The summed E-state index contributed by atoms with van der Waals surface area (Å²) in [5.41, 5.74) is 4.61. The van der Waals surface area contributed by atoms with Gasteiger partial charge in [-0.25, -0.2) is 4.39 Å². The number of carbonyl (C=O) groups is 1. The number of carbonyl (C=O) groups excluding carboxylic acids is 1. The lowest BCUT2D eigenvalue weighted by atomic mass is 9.98. The van der Waals surface area contributed by atoms with Crippen molar-refractivity contribution in [2.45, 2.75) is 25.2 Å². The molecule has 37 heavy (non-hydrogen) atoms. The van der Waals surface area contributed by atoms with Gasteiger partial charge in [-0.05, 0) is 55.0 Å². The number of nitrogens with one attached hydrogen (secondary N) is 2. The van der Waals surface area contributed by atoms with Crippen LogP contribution < -0.4 is 5.32 Å². The average Bonchev–Trinajstić information content (AvgIpc) is 3.63. The molecule has 0 aliphatic carbocycles. The molecule has 1 amide bonds. The van der Waals surface area contributed by atoms with Crippen molar-refractivity contribution in [1.29, 1.82) is 0 Å². The number of nitrogens with zero attached hydrogens (tertiary/aromatic N) is 2. The number of pyridine rings is 1. The molecular weight excluding hydrogens is 475 g/mol. The molecule has 3 N–H and O–H groups in total. The quantitative estimate of drug-likeness (QED) is 0.319. The van der Waals surface area contributed by atoms with Gasteiger partial charge in [-0.15, -0.1) is 0 Å². The Hall–Kier alpha value is -3.92. The summed E-state index contributed by atoms with van der Waals surface area (Å²) in [4.78, 5) is 18.0. The molecule has 1 fully saturated rings. The van der Waals surface area contributed by atoms with Crippen LogP contribution in [0.15, 0.2) is 72.9 Å². The van der Waals surface area contributed by atoms with Crippen LogP contribution in [0.25, 0.3) is 22.5 Å². The molecule has 4 aromatic rings. The van der Waals surface area contributed by atoms with Gasteiger partial charge in [0.25, 0.3) is 5.91 Å². The molecule has 2 aromatic heterocycles. The Balaban J connectivity index is 1.46. The summed E-state index contributed by atoms with van der Waals surface area (Å²) in [6, 6.07) is 18.6. The molecule has 5 rings (SSSR count). The smallest absolute Gasteiger partial charge is 0.252 e. The van der Waals surface area contributed by atoms with E-state index in [2.05, 4.69) is 20.5 Å². The van der Waals surface area contributed by atoms with Gasteiger partial charge in [-0.3, -0.25) is 14.9 Å². The van der Waals surface area contributed by atoms with E-state index in [0.29, 0.717) is 48.6 Å². The molecule has 9 heteroatoms. The summed E-state index contributed by atoms with van der Waals surface area (Å²) >= 11 is 0. The number of aromatic amines is 1. The Morgan fingerprint density at radius 1 is 1.11 bits per heavy atom. The summed E-state index contributed by atoms with van der Waals surface area (Å²) in [5.74, 6) is -0.629. The van der Waals surface area contributed by atoms with Gasteiger partial charge in [-0.1, -0.05) is 18.2 Å². The minimum atomic E-state index is -0.543. The molecule has 1 atom stereocenters. The summed E-state index contributed by atoms with van der Waals surface area (Å²) in [6.07, 6.45) is 2.02. The molecule has 0 radical (unpaired) electrons. The zero-order valence-electron chi connectivity index (χ0n) is 20.1. The van der Waals surface area contributed by atoms with Crippen molar-refractivity contribution in [3.05, 3.63) is 95.6 Å². The van der Waals surface area contributed by atoms with E-state index in [0.717, 1.165) is 16.8 Å². The number of ether oxygens (including phenoxy) is 2. The van der Waals surface area contributed by atoms with Crippen LogP contribution in [0.5, 0.6) is 0 Å². The van der Waals surface area contributed by atoms with E-state index in [4.69, 9.17) is 9.47 Å². The number of benzene rings is 2. The highest BCUT2D eigenvalue weighted by atomic mass is 19.1. The lowest BCUT2D eigenvalue weighted by Crippen LogP contribution is -2.37. The third kappa shape index (κ3) is 5.91. The Morgan fingerprint density at radius 2 is 1.92 bits per heavy atom. The minimum Gasteiger partial charge on any atom is -0.396 e. The predicted molar refractivity (Wildman–Crippen MR) is 135 cm³/mol. The second kappa shape index (κ2) is 11.4.